The molecule has 3 fully saturated rings. The number of unbranched alkanes of at least 4 members (excludes halogenated alkanes) is 20. The van der Waals surface area contributed by atoms with Gasteiger partial charge in [-0.3, -0.25) is 4.79 Å². The average molecular weight is 765 g/mol. The van der Waals surface area contributed by atoms with Crippen LogP contribution >= 0.6 is 0 Å². The van der Waals surface area contributed by atoms with Crippen LogP contribution in [0, 0.1) is 52.3 Å². The van der Waals surface area contributed by atoms with E-state index in [-0.39, 0.29) is 12.1 Å². The molecule has 9 atom stereocenters. The Labute approximate surface area is 344 Å². The van der Waals surface area contributed by atoms with Crippen LogP contribution in [-0.2, 0) is 9.53 Å². The molecule has 0 heterocycles. The molecule has 4 rings (SSSR count). The minimum absolute atomic E-state index is 0.0684. The molecule has 2 heteroatoms. The minimum atomic E-state index is 0.0684. The van der Waals surface area contributed by atoms with Crippen molar-refractivity contribution in [1.29, 1.82) is 0 Å². The van der Waals surface area contributed by atoms with Gasteiger partial charge in [-0.05, 0) is 110 Å². The molecule has 55 heavy (non-hydrogen) atoms. The second-order valence-corrected chi connectivity index (χ2v) is 21.1. The predicted octanol–water partition coefficient (Wildman–Crippen LogP) is 17.2. The fraction of sp³-hybridized carbons (Fsp3) is 0.943. The Bertz CT molecular complexity index is 1070. The number of hydrogen-bond acceptors (Lipinski definition) is 2. The summed E-state index contributed by atoms with van der Waals surface area (Å²) in [6.07, 6.45) is 47.2. The first-order valence-corrected chi connectivity index (χ1v) is 25.5. The molecule has 0 N–H and O–H groups in total. The van der Waals surface area contributed by atoms with Gasteiger partial charge in [0.2, 0.25) is 0 Å². The van der Waals surface area contributed by atoms with E-state index in [0.29, 0.717) is 17.3 Å². The molecule has 0 aliphatic heterocycles. The number of allylic oxidation sites excluding steroid dienone is 1. The van der Waals surface area contributed by atoms with E-state index in [2.05, 4.69) is 54.5 Å². The molecule has 0 aromatic heterocycles. The molecule has 2 nitrogen and oxygen atoms in total. The van der Waals surface area contributed by atoms with Crippen LogP contribution in [0.25, 0.3) is 0 Å². The molecule has 4 aliphatic rings. The summed E-state index contributed by atoms with van der Waals surface area (Å²) in [5.41, 5.74) is 2.52. The summed E-state index contributed by atoms with van der Waals surface area (Å²) >= 11 is 0. The highest BCUT2D eigenvalue weighted by molar-refractivity contribution is 5.69. The Balaban J connectivity index is 1.02. The first-order valence-electron chi connectivity index (χ1n) is 25.5. The Morgan fingerprint density at radius 2 is 1.22 bits per heavy atom. The minimum Gasteiger partial charge on any atom is -0.462 e. The second-order valence-electron chi connectivity index (χ2n) is 21.1. The first-order chi connectivity index (χ1) is 26.6. The summed E-state index contributed by atoms with van der Waals surface area (Å²) in [6, 6.07) is 0. The van der Waals surface area contributed by atoms with E-state index in [4.69, 9.17) is 4.74 Å². The number of ether oxygens (including phenoxy) is 1. The van der Waals surface area contributed by atoms with Crippen molar-refractivity contribution in [3.63, 3.8) is 0 Å². The van der Waals surface area contributed by atoms with E-state index in [1.54, 1.807) is 5.57 Å². The van der Waals surface area contributed by atoms with E-state index in [0.717, 1.165) is 60.7 Å². The van der Waals surface area contributed by atoms with Crippen molar-refractivity contribution in [3.05, 3.63) is 11.6 Å². The molecule has 3 saturated carbocycles. The van der Waals surface area contributed by atoms with Crippen molar-refractivity contribution >= 4 is 5.97 Å². The van der Waals surface area contributed by atoms with E-state index in [1.807, 2.05) is 0 Å². The van der Waals surface area contributed by atoms with Crippen LogP contribution < -0.4 is 0 Å². The number of esters is 1. The van der Waals surface area contributed by atoms with Crippen LogP contribution in [0.15, 0.2) is 11.6 Å². The van der Waals surface area contributed by atoms with Crippen LogP contribution in [0.1, 0.15) is 260 Å². The van der Waals surface area contributed by atoms with Gasteiger partial charge in [-0.1, -0.05) is 201 Å². The summed E-state index contributed by atoms with van der Waals surface area (Å²) in [5, 5.41) is 0. The molecule has 320 valence electrons. The predicted molar refractivity (Wildman–Crippen MR) is 239 cm³/mol. The van der Waals surface area contributed by atoms with Gasteiger partial charge in [-0.15, -0.1) is 0 Å². The average Bonchev–Trinajstić information content (AvgIpc) is 3.53. The maximum absolute atomic E-state index is 12.9. The molecule has 0 bridgehead atoms. The van der Waals surface area contributed by atoms with Crippen molar-refractivity contribution in [2.24, 2.45) is 52.3 Å². The largest absolute Gasteiger partial charge is 0.462 e. The molecule has 4 aliphatic carbocycles. The van der Waals surface area contributed by atoms with Crippen molar-refractivity contribution in [1.82, 2.24) is 0 Å². The number of fused-ring (bicyclic) bond motifs is 5. The highest BCUT2D eigenvalue weighted by atomic mass is 16.5. The molecule has 0 amide bonds. The number of carbonyl (C=O) groups excluding carboxylic acids is 1. The van der Waals surface area contributed by atoms with Crippen molar-refractivity contribution in [2.75, 3.05) is 0 Å². The van der Waals surface area contributed by atoms with Crippen LogP contribution in [0.5, 0.6) is 0 Å². The second kappa shape index (κ2) is 25.0. The zero-order valence-corrected chi connectivity index (χ0v) is 38.3. The van der Waals surface area contributed by atoms with E-state index < -0.39 is 0 Å². The van der Waals surface area contributed by atoms with Crippen molar-refractivity contribution in [2.45, 2.75) is 266 Å². The molecular weight excluding hydrogens is 669 g/mol. The van der Waals surface area contributed by atoms with E-state index in [9.17, 15) is 4.79 Å². The molecule has 0 spiro atoms. The lowest BCUT2D eigenvalue weighted by molar-refractivity contribution is -0.151. The third-order valence-electron chi connectivity index (χ3n) is 17.1. The molecular formula is C53H96O2. The fourth-order valence-corrected chi connectivity index (χ4v) is 13.3. The summed E-state index contributed by atoms with van der Waals surface area (Å²) < 4.78 is 6.17. The Morgan fingerprint density at radius 3 is 1.75 bits per heavy atom. The van der Waals surface area contributed by atoms with Gasteiger partial charge in [0.1, 0.15) is 6.10 Å². The summed E-state index contributed by atoms with van der Waals surface area (Å²) in [4.78, 5) is 12.9. The molecule has 1 unspecified atom stereocenters. The Hall–Kier alpha value is -0.790. The van der Waals surface area contributed by atoms with Crippen LogP contribution in [-0.4, -0.2) is 12.1 Å². The summed E-state index contributed by atoms with van der Waals surface area (Å²) in [5.74, 6) is 6.17. The van der Waals surface area contributed by atoms with Gasteiger partial charge in [-0.2, -0.15) is 0 Å². The van der Waals surface area contributed by atoms with Gasteiger partial charge in [0.05, 0.1) is 0 Å². The lowest BCUT2D eigenvalue weighted by Gasteiger charge is -2.58. The summed E-state index contributed by atoms with van der Waals surface area (Å²) in [6.45, 7) is 17.5. The highest BCUT2D eigenvalue weighted by Crippen LogP contribution is 2.67. The smallest absolute Gasteiger partial charge is 0.306 e. The van der Waals surface area contributed by atoms with Crippen molar-refractivity contribution < 1.29 is 9.53 Å². The third kappa shape index (κ3) is 14.2. The Kier molecular flexibility index (Phi) is 21.3. The quantitative estimate of drug-likeness (QED) is 0.0431. The van der Waals surface area contributed by atoms with Gasteiger partial charge in [0.15, 0.2) is 0 Å². The normalized spacial score (nSPS) is 30.0. The number of carbonyl (C=O) groups is 1. The van der Waals surface area contributed by atoms with Gasteiger partial charge in [0, 0.05) is 12.8 Å². The maximum atomic E-state index is 12.9. The lowest BCUT2D eigenvalue weighted by atomic mass is 9.47. The van der Waals surface area contributed by atoms with Crippen LogP contribution in [0.4, 0.5) is 0 Å². The Morgan fingerprint density at radius 1 is 0.673 bits per heavy atom. The molecule has 0 aromatic carbocycles. The van der Waals surface area contributed by atoms with Crippen LogP contribution in [0.2, 0.25) is 0 Å². The fourth-order valence-electron chi connectivity index (χ4n) is 13.3. The standard InChI is InChI=1S/C53H96O2/c1-8-10-11-12-13-14-15-16-17-18-19-20-21-22-23-24-25-26-27-28-29-30-51(54)55-46-37-39-52(6)45(41-46)33-34-47-49-36-35-48(53(49,7)40-38-50(47)52)43(5)31-32-44(9-2)42(3)4/h33,42-44,46-50H,8-32,34-41H2,1-7H3/t43-,44-,46?,47+,48-,49+,50+,52+,53-/m1/s1. The lowest BCUT2D eigenvalue weighted by Crippen LogP contribution is -2.51. The van der Waals surface area contributed by atoms with Crippen molar-refractivity contribution in [3.8, 4) is 0 Å². The zero-order valence-electron chi connectivity index (χ0n) is 38.3. The van der Waals surface area contributed by atoms with Gasteiger partial charge in [-0.25, -0.2) is 0 Å². The van der Waals surface area contributed by atoms with Gasteiger partial charge < -0.3 is 4.74 Å². The summed E-state index contributed by atoms with van der Waals surface area (Å²) in [7, 11) is 0. The van der Waals surface area contributed by atoms with Gasteiger partial charge >= 0.3 is 5.97 Å². The monoisotopic (exact) mass is 765 g/mol. The third-order valence-corrected chi connectivity index (χ3v) is 17.1. The molecule has 0 aromatic rings. The zero-order chi connectivity index (χ0) is 39.5. The van der Waals surface area contributed by atoms with E-state index in [1.165, 1.54) is 186 Å². The van der Waals surface area contributed by atoms with Gasteiger partial charge in [0.25, 0.3) is 0 Å². The molecule has 0 saturated heterocycles. The topological polar surface area (TPSA) is 26.3 Å². The first kappa shape index (κ1) is 46.9. The van der Waals surface area contributed by atoms with E-state index >= 15 is 0 Å². The number of rotatable bonds is 29. The molecule has 0 radical (unpaired) electrons. The SMILES string of the molecule is CCCCCCCCCCCCCCCCCCCCCCCC(=O)OC1CC[C@@]2(C)C(=CC[C@H]3[C@@H]4CC[C@H]([C@H](C)CC[C@@H](CC)C(C)C)[C@@]4(C)CC[C@@H]32)C1. The number of hydrogen-bond donors (Lipinski definition) is 0. The highest BCUT2D eigenvalue weighted by Gasteiger charge is 2.59. The maximum Gasteiger partial charge on any atom is 0.306 e. The van der Waals surface area contributed by atoms with Crippen LogP contribution in [0.3, 0.4) is 0 Å².